The fourth-order valence-corrected chi connectivity index (χ4v) is 3.36. The normalized spacial score (nSPS) is 12.9. The minimum Gasteiger partial charge on any atom is -0.391 e. The highest BCUT2D eigenvalue weighted by Gasteiger charge is 2.26. The molecule has 0 fully saturated rings. The predicted octanol–water partition coefficient (Wildman–Crippen LogP) is 1.11. The lowest BCUT2D eigenvalue weighted by atomic mass is 10.1. The van der Waals surface area contributed by atoms with Gasteiger partial charge in [-0.3, -0.25) is 19.1 Å². The Morgan fingerprint density at radius 2 is 1.94 bits per heavy atom. The summed E-state index contributed by atoms with van der Waals surface area (Å²) in [4.78, 5) is 36.7. The number of halogens is 2. The molecular weight excluding hydrogens is 441 g/mol. The largest absolute Gasteiger partial charge is 0.391 e. The van der Waals surface area contributed by atoms with Crippen molar-refractivity contribution < 1.29 is 23.9 Å². The molecule has 0 saturated heterocycles. The van der Waals surface area contributed by atoms with E-state index in [0.29, 0.717) is 10.9 Å². The van der Waals surface area contributed by atoms with E-state index in [1.807, 2.05) is 0 Å². The van der Waals surface area contributed by atoms with Crippen LogP contribution in [0.2, 0.25) is 5.02 Å². The molecule has 3 amide bonds. The van der Waals surface area contributed by atoms with Crippen LogP contribution in [0.5, 0.6) is 0 Å². The van der Waals surface area contributed by atoms with Gasteiger partial charge in [0, 0.05) is 17.5 Å². The van der Waals surface area contributed by atoms with E-state index in [9.17, 15) is 23.9 Å². The number of nitrogens with two attached hydrogens (primary N) is 1. The number of carbonyl (C=O) groups is 3. The van der Waals surface area contributed by atoms with Crippen LogP contribution in [0.1, 0.15) is 23.0 Å². The number of carbonyl (C=O) groups excluding carboxylic acids is 3. The van der Waals surface area contributed by atoms with Crippen molar-refractivity contribution in [1.82, 2.24) is 20.4 Å². The number of nitrogens with one attached hydrogen (secondary N) is 2. The van der Waals surface area contributed by atoms with Crippen molar-refractivity contribution in [2.45, 2.75) is 32.2 Å². The molecule has 11 heteroatoms. The van der Waals surface area contributed by atoms with Gasteiger partial charge in [0.15, 0.2) is 5.69 Å². The molecular formula is C21H21ClFN5O4. The van der Waals surface area contributed by atoms with Gasteiger partial charge in [0.1, 0.15) is 18.4 Å². The number of nitrogens with zero attached hydrogens (tertiary/aromatic N) is 2. The van der Waals surface area contributed by atoms with E-state index in [1.165, 1.54) is 29.8 Å². The van der Waals surface area contributed by atoms with Crippen molar-refractivity contribution in [2.75, 3.05) is 0 Å². The second kappa shape index (κ2) is 9.75. The molecule has 0 aliphatic carbocycles. The maximum atomic E-state index is 14.0. The third-order valence-corrected chi connectivity index (χ3v) is 5.04. The lowest BCUT2D eigenvalue weighted by Gasteiger charge is -2.21. The number of para-hydroxylation sites is 1. The summed E-state index contributed by atoms with van der Waals surface area (Å²) in [7, 11) is 0. The van der Waals surface area contributed by atoms with Crippen LogP contribution >= 0.6 is 11.6 Å². The zero-order valence-corrected chi connectivity index (χ0v) is 17.8. The molecule has 3 aromatic rings. The molecule has 0 aliphatic heterocycles. The van der Waals surface area contributed by atoms with Gasteiger partial charge in [-0.2, -0.15) is 5.10 Å². The Hall–Kier alpha value is -3.50. The van der Waals surface area contributed by atoms with Gasteiger partial charge in [-0.25, -0.2) is 4.39 Å². The van der Waals surface area contributed by atoms with Crippen LogP contribution in [-0.2, 0) is 22.7 Å². The molecule has 0 unspecified atom stereocenters. The predicted molar refractivity (Wildman–Crippen MR) is 115 cm³/mol. The molecule has 0 saturated carbocycles. The van der Waals surface area contributed by atoms with Gasteiger partial charge in [0.05, 0.1) is 16.6 Å². The fourth-order valence-electron chi connectivity index (χ4n) is 3.17. The average Bonchev–Trinajstić information content (AvgIpc) is 3.11. The lowest BCUT2D eigenvalue weighted by molar-refractivity contribution is -0.132. The SMILES string of the molecule is C[C@H](O)[C@H](NC(=O)Cn1nc(C(N)=O)c2ccccc21)C(=O)NCc1cccc(Cl)c1F. The number of hydrogen-bond donors (Lipinski definition) is 4. The van der Waals surface area contributed by atoms with Crippen LogP contribution < -0.4 is 16.4 Å². The quantitative estimate of drug-likeness (QED) is 0.398. The molecule has 2 atom stereocenters. The highest BCUT2D eigenvalue weighted by atomic mass is 35.5. The van der Waals surface area contributed by atoms with E-state index in [1.54, 1.807) is 24.3 Å². The minimum atomic E-state index is -1.30. The van der Waals surface area contributed by atoms with Gasteiger partial charge in [-0.05, 0) is 19.1 Å². The molecule has 32 heavy (non-hydrogen) atoms. The summed E-state index contributed by atoms with van der Waals surface area (Å²) in [6.07, 6.45) is -1.24. The van der Waals surface area contributed by atoms with Gasteiger partial charge in [-0.15, -0.1) is 0 Å². The molecule has 5 N–H and O–H groups in total. The van der Waals surface area contributed by atoms with Crippen molar-refractivity contribution in [1.29, 1.82) is 0 Å². The van der Waals surface area contributed by atoms with E-state index in [2.05, 4.69) is 15.7 Å². The van der Waals surface area contributed by atoms with E-state index in [4.69, 9.17) is 17.3 Å². The Morgan fingerprint density at radius 3 is 2.62 bits per heavy atom. The molecule has 3 rings (SSSR count). The molecule has 0 bridgehead atoms. The second-order valence-corrected chi connectivity index (χ2v) is 7.51. The molecule has 1 heterocycles. The van der Waals surface area contributed by atoms with Gasteiger partial charge >= 0.3 is 0 Å². The van der Waals surface area contributed by atoms with Gasteiger partial charge in [-0.1, -0.05) is 41.9 Å². The third-order valence-electron chi connectivity index (χ3n) is 4.75. The maximum Gasteiger partial charge on any atom is 0.269 e. The summed E-state index contributed by atoms with van der Waals surface area (Å²) >= 11 is 5.73. The highest BCUT2D eigenvalue weighted by molar-refractivity contribution is 6.30. The topological polar surface area (TPSA) is 139 Å². The molecule has 2 aromatic carbocycles. The maximum absolute atomic E-state index is 14.0. The lowest BCUT2D eigenvalue weighted by Crippen LogP contribution is -2.53. The summed E-state index contributed by atoms with van der Waals surface area (Å²) in [5.41, 5.74) is 6.03. The molecule has 0 aliphatic rings. The summed E-state index contributed by atoms with van der Waals surface area (Å²) in [5, 5.41) is 19.4. The Kier molecular flexibility index (Phi) is 7.06. The highest BCUT2D eigenvalue weighted by Crippen LogP contribution is 2.19. The van der Waals surface area contributed by atoms with Crippen molar-refractivity contribution in [3.8, 4) is 0 Å². The van der Waals surface area contributed by atoms with Crippen molar-refractivity contribution in [2.24, 2.45) is 5.73 Å². The number of primary amides is 1. The monoisotopic (exact) mass is 461 g/mol. The van der Waals surface area contributed by atoms with E-state index >= 15 is 0 Å². The fraction of sp³-hybridized carbons (Fsp3) is 0.238. The zero-order chi connectivity index (χ0) is 23.4. The number of rotatable bonds is 8. The number of aliphatic hydroxyl groups excluding tert-OH is 1. The van der Waals surface area contributed by atoms with E-state index < -0.39 is 35.7 Å². The number of aromatic nitrogens is 2. The van der Waals surface area contributed by atoms with E-state index in [-0.39, 0.29) is 29.4 Å². The van der Waals surface area contributed by atoms with Crippen LogP contribution in [0.4, 0.5) is 4.39 Å². The van der Waals surface area contributed by atoms with Crippen molar-refractivity contribution >= 4 is 40.2 Å². The Labute approximate surface area is 187 Å². The summed E-state index contributed by atoms with van der Waals surface area (Å²) in [6.45, 7) is 0.822. The molecule has 168 valence electrons. The van der Waals surface area contributed by atoms with Gasteiger partial charge < -0.3 is 21.5 Å². The van der Waals surface area contributed by atoms with E-state index in [0.717, 1.165) is 0 Å². The number of aliphatic hydroxyl groups is 1. The molecule has 9 nitrogen and oxygen atoms in total. The Balaban J connectivity index is 1.70. The van der Waals surface area contributed by atoms with Crippen LogP contribution in [-0.4, -0.2) is 44.8 Å². The average molecular weight is 462 g/mol. The first kappa shape index (κ1) is 23.2. The number of fused-ring (bicyclic) bond motifs is 1. The minimum absolute atomic E-state index is 0.0155. The standard InChI is InChI=1S/C21H21ClFN5O4/c1-11(29)18(21(32)25-9-12-5-4-7-14(22)17(12)23)26-16(30)10-28-15-8-3-2-6-13(15)19(27-28)20(24)31/h2-8,11,18,29H,9-10H2,1H3,(H2,24,31)(H,25,32)(H,26,30)/t11-,18-/m0/s1. The summed E-state index contributed by atoms with van der Waals surface area (Å²) in [5.74, 6) is -2.75. The first-order valence-corrected chi connectivity index (χ1v) is 10.00. The summed E-state index contributed by atoms with van der Waals surface area (Å²) in [6, 6.07) is 9.80. The number of amides is 3. The number of hydrogen-bond acceptors (Lipinski definition) is 5. The van der Waals surface area contributed by atoms with Crippen molar-refractivity contribution in [3.05, 3.63) is 64.6 Å². The van der Waals surface area contributed by atoms with Gasteiger partial charge in [0.25, 0.3) is 5.91 Å². The molecule has 0 radical (unpaired) electrons. The van der Waals surface area contributed by atoms with Gasteiger partial charge in [0.2, 0.25) is 11.8 Å². The first-order valence-electron chi connectivity index (χ1n) is 9.62. The zero-order valence-electron chi connectivity index (χ0n) is 17.0. The Morgan fingerprint density at radius 1 is 1.22 bits per heavy atom. The Bertz CT molecular complexity index is 1180. The smallest absolute Gasteiger partial charge is 0.269 e. The molecule has 1 aromatic heterocycles. The van der Waals surface area contributed by atoms with Crippen molar-refractivity contribution in [3.63, 3.8) is 0 Å². The van der Waals surface area contributed by atoms with Crippen LogP contribution in [0.25, 0.3) is 10.9 Å². The van der Waals surface area contributed by atoms with Crippen LogP contribution in [0.3, 0.4) is 0 Å². The first-order chi connectivity index (χ1) is 15.2. The summed E-state index contributed by atoms with van der Waals surface area (Å²) < 4.78 is 15.3. The van der Waals surface area contributed by atoms with Crippen LogP contribution in [0.15, 0.2) is 42.5 Å². The second-order valence-electron chi connectivity index (χ2n) is 7.10. The third kappa shape index (κ3) is 5.04. The van der Waals surface area contributed by atoms with Crippen LogP contribution in [0, 0.1) is 5.82 Å². The molecule has 0 spiro atoms. The number of benzene rings is 2.